The third-order valence-electron chi connectivity index (χ3n) is 6.09. The zero-order valence-corrected chi connectivity index (χ0v) is 17.6. The predicted octanol–water partition coefficient (Wildman–Crippen LogP) is 3.59. The van der Waals surface area contributed by atoms with E-state index >= 15 is 0 Å². The van der Waals surface area contributed by atoms with Crippen molar-refractivity contribution in [2.45, 2.75) is 25.2 Å². The smallest absolute Gasteiger partial charge is 0.238 e. The molecule has 0 saturated carbocycles. The summed E-state index contributed by atoms with van der Waals surface area (Å²) in [7, 11) is 1.62. The standard InChI is InChI=1S/C24H26N4O3/c1-30-20-13-17-19(14-21(20)31-12-6-11-28-9-4-5-10-28)25-15-26-23(17)22-16-7-2-3-8-18(16)27-24(22)29/h2-3,7-8,13-15,22H,4-6,9-12H2,1H3,(H,27,29). The number of ether oxygens (including phenoxy) is 2. The number of fused-ring (bicyclic) bond motifs is 2. The molecule has 1 unspecified atom stereocenters. The van der Waals surface area contributed by atoms with E-state index in [1.807, 2.05) is 36.4 Å². The number of aromatic nitrogens is 2. The zero-order valence-electron chi connectivity index (χ0n) is 17.6. The Hall–Kier alpha value is -3.19. The summed E-state index contributed by atoms with van der Waals surface area (Å²) in [6.45, 7) is 4.06. The molecule has 0 radical (unpaired) electrons. The normalized spacial score (nSPS) is 18.2. The second kappa shape index (κ2) is 8.51. The van der Waals surface area contributed by atoms with Gasteiger partial charge in [-0.05, 0) is 50.0 Å². The maximum absolute atomic E-state index is 12.7. The number of para-hydroxylation sites is 1. The molecule has 3 aromatic rings. The number of carbonyl (C=O) groups excluding carboxylic acids is 1. The van der Waals surface area contributed by atoms with E-state index in [9.17, 15) is 4.79 Å². The third-order valence-corrected chi connectivity index (χ3v) is 6.09. The van der Waals surface area contributed by atoms with Gasteiger partial charge in [-0.3, -0.25) is 4.79 Å². The molecule has 1 amide bonds. The van der Waals surface area contributed by atoms with E-state index in [1.165, 1.54) is 32.3 Å². The van der Waals surface area contributed by atoms with Gasteiger partial charge >= 0.3 is 0 Å². The van der Waals surface area contributed by atoms with E-state index in [1.54, 1.807) is 7.11 Å². The molecule has 2 aliphatic heterocycles. The number of benzene rings is 2. The van der Waals surface area contributed by atoms with E-state index in [0.717, 1.165) is 35.1 Å². The van der Waals surface area contributed by atoms with Gasteiger partial charge in [-0.1, -0.05) is 18.2 Å². The molecule has 2 aromatic carbocycles. The van der Waals surface area contributed by atoms with Crippen molar-refractivity contribution in [3.63, 3.8) is 0 Å². The maximum Gasteiger partial charge on any atom is 0.238 e. The Kier molecular flexibility index (Phi) is 5.42. The lowest BCUT2D eigenvalue weighted by molar-refractivity contribution is -0.116. The van der Waals surface area contributed by atoms with E-state index in [0.29, 0.717) is 23.8 Å². The van der Waals surface area contributed by atoms with Crippen molar-refractivity contribution in [2.24, 2.45) is 0 Å². The van der Waals surface area contributed by atoms with Crippen molar-refractivity contribution in [3.05, 3.63) is 54.0 Å². The molecule has 1 saturated heterocycles. The van der Waals surface area contributed by atoms with Gasteiger partial charge in [-0.25, -0.2) is 9.97 Å². The molecular weight excluding hydrogens is 392 g/mol. The van der Waals surface area contributed by atoms with Crippen LogP contribution in [0.15, 0.2) is 42.7 Å². The SMILES string of the molecule is COc1cc2c(C3C(=O)Nc4ccccc43)ncnc2cc1OCCCN1CCCC1. The molecule has 7 heteroatoms. The number of likely N-dealkylation sites (tertiary alicyclic amines) is 1. The predicted molar refractivity (Wildman–Crippen MR) is 119 cm³/mol. The average Bonchev–Trinajstić information content (AvgIpc) is 3.42. The number of rotatable bonds is 7. The molecule has 160 valence electrons. The van der Waals surface area contributed by atoms with Crippen molar-refractivity contribution >= 4 is 22.5 Å². The first-order chi connectivity index (χ1) is 15.2. The lowest BCUT2D eigenvalue weighted by Crippen LogP contribution is -2.21. The molecule has 3 heterocycles. The van der Waals surface area contributed by atoms with E-state index in [2.05, 4.69) is 20.2 Å². The Bertz CT molecular complexity index is 1110. The van der Waals surface area contributed by atoms with Crippen LogP contribution in [0.3, 0.4) is 0 Å². The Balaban J connectivity index is 1.42. The highest BCUT2D eigenvalue weighted by Crippen LogP contribution is 2.40. The van der Waals surface area contributed by atoms with Crippen LogP contribution in [0.5, 0.6) is 11.5 Å². The minimum absolute atomic E-state index is 0.0811. The zero-order chi connectivity index (χ0) is 21.2. The molecule has 0 bridgehead atoms. The first-order valence-corrected chi connectivity index (χ1v) is 10.8. The minimum atomic E-state index is -0.473. The van der Waals surface area contributed by atoms with Gasteiger partial charge in [0.15, 0.2) is 11.5 Å². The number of hydrogen-bond donors (Lipinski definition) is 1. The molecule has 1 N–H and O–H groups in total. The Morgan fingerprint density at radius 1 is 1.13 bits per heavy atom. The number of carbonyl (C=O) groups is 1. The van der Waals surface area contributed by atoms with Crippen molar-refractivity contribution in [3.8, 4) is 11.5 Å². The topological polar surface area (TPSA) is 76.6 Å². The van der Waals surface area contributed by atoms with Gasteiger partial charge in [0.25, 0.3) is 0 Å². The van der Waals surface area contributed by atoms with Gasteiger partial charge in [-0.2, -0.15) is 0 Å². The summed E-state index contributed by atoms with van der Waals surface area (Å²) in [5.41, 5.74) is 3.16. The quantitative estimate of drug-likeness (QED) is 0.591. The van der Waals surface area contributed by atoms with Crippen LogP contribution in [0.2, 0.25) is 0 Å². The van der Waals surface area contributed by atoms with E-state index in [-0.39, 0.29) is 5.91 Å². The van der Waals surface area contributed by atoms with Crippen LogP contribution in [0.4, 0.5) is 5.69 Å². The highest BCUT2D eigenvalue weighted by atomic mass is 16.5. The second-order valence-electron chi connectivity index (χ2n) is 8.04. The summed E-state index contributed by atoms with van der Waals surface area (Å²) >= 11 is 0. The summed E-state index contributed by atoms with van der Waals surface area (Å²) in [5.74, 6) is 0.731. The average molecular weight is 418 g/mol. The van der Waals surface area contributed by atoms with Gasteiger partial charge in [0, 0.05) is 23.7 Å². The number of anilines is 1. The summed E-state index contributed by atoms with van der Waals surface area (Å²) < 4.78 is 11.7. The van der Waals surface area contributed by atoms with Gasteiger partial charge < -0.3 is 19.7 Å². The van der Waals surface area contributed by atoms with E-state index < -0.39 is 5.92 Å². The number of nitrogens with one attached hydrogen (secondary N) is 1. The van der Waals surface area contributed by atoms with Gasteiger partial charge in [0.2, 0.25) is 5.91 Å². The van der Waals surface area contributed by atoms with Crippen LogP contribution in [0, 0.1) is 0 Å². The molecule has 5 rings (SSSR count). The second-order valence-corrected chi connectivity index (χ2v) is 8.04. The molecule has 1 atom stereocenters. The van der Waals surface area contributed by atoms with Crippen molar-refractivity contribution in [1.29, 1.82) is 0 Å². The number of amides is 1. The first-order valence-electron chi connectivity index (χ1n) is 10.8. The van der Waals surface area contributed by atoms with E-state index in [4.69, 9.17) is 9.47 Å². The van der Waals surface area contributed by atoms with Crippen LogP contribution in [-0.2, 0) is 4.79 Å². The Morgan fingerprint density at radius 3 is 2.81 bits per heavy atom. The first kappa shape index (κ1) is 19.8. The largest absolute Gasteiger partial charge is 0.493 e. The number of hydrogen-bond acceptors (Lipinski definition) is 6. The molecule has 0 aliphatic carbocycles. The van der Waals surface area contributed by atoms with Crippen molar-refractivity contribution < 1.29 is 14.3 Å². The van der Waals surface area contributed by atoms with Crippen molar-refractivity contribution in [1.82, 2.24) is 14.9 Å². The molecule has 2 aliphatic rings. The summed E-state index contributed by atoms with van der Waals surface area (Å²) in [6, 6.07) is 11.5. The van der Waals surface area contributed by atoms with Crippen LogP contribution in [0.1, 0.15) is 36.4 Å². The molecule has 1 aromatic heterocycles. The van der Waals surface area contributed by atoms with Crippen LogP contribution >= 0.6 is 0 Å². The van der Waals surface area contributed by atoms with Crippen LogP contribution in [0.25, 0.3) is 10.9 Å². The highest BCUT2D eigenvalue weighted by Gasteiger charge is 2.34. The monoisotopic (exact) mass is 418 g/mol. The van der Waals surface area contributed by atoms with Crippen LogP contribution in [-0.4, -0.2) is 54.1 Å². The lowest BCUT2D eigenvalue weighted by atomic mass is 9.94. The molecule has 7 nitrogen and oxygen atoms in total. The number of methoxy groups -OCH3 is 1. The lowest BCUT2D eigenvalue weighted by Gasteiger charge is -2.16. The van der Waals surface area contributed by atoms with Crippen LogP contribution < -0.4 is 14.8 Å². The summed E-state index contributed by atoms with van der Waals surface area (Å²) in [5, 5.41) is 3.74. The fraction of sp³-hybridized carbons (Fsp3) is 0.375. The van der Waals surface area contributed by atoms with Gasteiger partial charge in [0.1, 0.15) is 12.2 Å². The fourth-order valence-electron chi connectivity index (χ4n) is 4.54. The Morgan fingerprint density at radius 2 is 1.97 bits per heavy atom. The molecule has 0 spiro atoms. The molecule has 1 fully saturated rings. The maximum atomic E-state index is 12.7. The van der Waals surface area contributed by atoms with Gasteiger partial charge in [-0.15, -0.1) is 0 Å². The summed E-state index contributed by atoms with van der Waals surface area (Å²) in [4.78, 5) is 24.1. The third kappa shape index (κ3) is 3.81. The molecule has 31 heavy (non-hydrogen) atoms. The molecular formula is C24H26N4O3. The highest BCUT2D eigenvalue weighted by molar-refractivity contribution is 6.06. The minimum Gasteiger partial charge on any atom is -0.493 e. The Labute approximate surface area is 181 Å². The fourth-order valence-corrected chi connectivity index (χ4v) is 4.54. The number of nitrogens with zero attached hydrogens (tertiary/aromatic N) is 3. The summed E-state index contributed by atoms with van der Waals surface area (Å²) in [6.07, 6.45) is 5.07. The van der Waals surface area contributed by atoms with Crippen molar-refractivity contribution in [2.75, 3.05) is 38.7 Å². The van der Waals surface area contributed by atoms with Gasteiger partial charge in [0.05, 0.1) is 24.9 Å².